The number of hydrogen-bond acceptors (Lipinski definition) is 5. The zero-order valence-electron chi connectivity index (χ0n) is 10.7. The van der Waals surface area contributed by atoms with Crippen LogP contribution in [0.2, 0.25) is 0 Å². The molecule has 0 saturated heterocycles. The molecule has 2 aromatic rings. The van der Waals surface area contributed by atoms with Crippen LogP contribution in [0, 0.1) is 10.1 Å². The zero-order valence-corrected chi connectivity index (χ0v) is 11.5. The van der Waals surface area contributed by atoms with Gasteiger partial charge in [-0.15, -0.1) is 0 Å². The molecule has 0 heterocycles. The van der Waals surface area contributed by atoms with Crippen LogP contribution in [-0.2, 0) is 10.0 Å². The maximum absolute atomic E-state index is 11.9. The van der Waals surface area contributed by atoms with E-state index >= 15 is 0 Å². The molecule has 0 atom stereocenters. The second-order valence-corrected chi connectivity index (χ2v) is 5.68. The molecule has 0 bridgehead atoms. The molecule has 1 N–H and O–H groups in total. The molecule has 2 rings (SSSR count). The number of hydrogen-bond donors (Lipinski definition) is 1. The van der Waals surface area contributed by atoms with Gasteiger partial charge < -0.3 is 0 Å². The minimum absolute atomic E-state index is 0.0444. The van der Waals surface area contributed by atoms with E-state index < -0.39 is 14.9 Å². The summed E-state index contributed by atoms with van der Waals surface area (Å²) in [5.41, 5.74) is 0.494. The third-order valence-corrected chi connectivity index (χ3v) is 3.78. The van der Waals surface area contributed by atoms with Crippen molar-refractivity contribution in [3.05, 3.63) is 70.3 Å². The minimum Gasteiger partial charge on any atom is -0.258 e. The fourth-order valence-electron chi connectivity index (χ4n) is 1.50. The highest BCUT2D eigenvalue weighted by Crippen LogP contribution is 2.11. The van der Waals surface area contributed by atoms with Gasteiger partial charge in [-0.1, -0.05) is 18.2 Å². The zero-order chi connectivity index (χ0) is 15.3. The van der Waals surface area contributed by atoms with E-state index in [9.17, 15) is 18.5 Å². The van der Waals surface area contributed by atoms with Gasteiger partial charge in [-0.25, -0.2) is 4.83 Å². The Morgan fingerprint density at radius 2 is 1.67 bits per heavy atom. The second-order valence-electron chi connectivity index (χ2n) is 4.01. The van der Waals surface area contributed by atoms with Gasteiger partial charge in [0, 0.05) is 12.1 Å². The lowest BCUT2D eigenvalue weighted by atomic mass is 10.2. The fourth-order valence-corrected chi connectivity index (χ4v) is 2.32. The molecule has 2 aromatic carbocycles. The van der Waals surface area contributed by atoms with Gasteiger partial charge in [-0.2, -0.15) is 13.5 Å². The molecule has 0 spiro atoms. The SMILES string of the molecule is O=[N+]([O-])c1ccc(/C=N\NS(=O)(=O)c2ccccc2)cc1. The normalized spacial score (nSPS) is 11.4. The van der Waals surface area contributed by atoms with E-state index in [0.717, 1.165) is 0 Å². The van der Waals surface area contributed by atoms with Crippen LogP contribution in [0.3, 0.4) is 0 Å². The van der Waals surface area contributed by atoms with Gasteiger partial charge in [0.05, 0.1) is 16.0 Å². The van der Waals surface area contributed by atoms with Gasteiger partial charge in [0.2, 0.25) is 0 Å². The van der Waals surface area contributed by atoms with Crippen LogP contribution in [0.15, 0.2) is 64.6 Å². The predicted octanol–water partition coefficient (Wildman–Crippen LogP) is 1.91. The van der Waals surface area contributed by atoms with Crippen molar-refractivity contribution < 1.29 is 13.3 Å². The number of nitrogens with one attached hydrogen (secondary N) is 1. The first kappa shape index (κ1) is 14.7. The Balaban J connectivity index is 2.07. The Labute approximate surface area is 121 Å². The van der Waals surface area contributed by atoms with Crippen molar-refractivity contribution >= 4 is 21.9 Å². The summed E-state index contributed by atoms with van der Waals surface area (Å²) in [5, 5.41) is 14.1. The van der Waals surface area contributed by atoms with E-state index in [2.05, 4.69) is 9.93 Å². The van der Waals surface area contributed by atoms with Crippen LogP contribution < -0.4 is 4.83 Å². The molecule has 0 saturated carbocycles. The molecule has 0 radical (unpaired) electrons. The molecule has 7 nitrogen and oxygen atoms in total. The molecule has 0 amide bonds. The number of benzene rings is 2. The molecule has 21 heavy (non-hydrogen) atoms. The highest BCUT2D eigenvalue weighted by molar-refractivity contribution is 7.89. The summed E-state index contributed by atoms with van der Waals surface area (Å²) in [5.74, 6) is 0. The van der Waals surface area contributed by atoms with Crippen molar-refractivity contribution in [1.29, 1.82) is 0 Å². The van der Waals surface area contributed by atoms with Gasteiger partial charge in [-0.05, 0) is 29.8 Å². The number of non-ortho nitro benzene ring substituents is 1. The number of hydrazone groups is 1. The first-order chi connectivity index (χ1) is 9.99. The van der Waals surface area contributed by atoms with Crippen molar-refractivity contribution in [2.75, 3.05) is 0 Å². The monoisotopic (exact) mass is 305 g/mol. The highest BCUT2D eigenvalue weighted by atomic mass is 32.2. The van der Waals surface area contributed by atoms with E-state index in [1.807, 2.05) is 0 Å². The molecule has 0 unspecified atom stereocenters. The third kappa shape index (κ3) is 3.86. The van der Waals surface area contributed by atoms with Gasteiger partial charge in [-0.3, -0.25) is 10.1 Å². The Hall–Kier alpha value is -2.74. The molecule has 8 heteroatoms. The van der Waals surface area contributed by atoms with Crippen LogP contribution in [-0.4, -0.2) is 19.6 Å². The van der Waals surface area contributed by atoms with Gasteiger partial charge >= 0.3 is 0 Å². The fraction of sp³-hybridized carbons (Fsp3) is 0. The summed E-state index contributed by atoms with van der Waals surface area (Å²) >= 11 is 0. The Kier molecular flexibility index (Phi) is 4.29. The van der Waals surface area contributed by atoms with Gasteiger partial charge in [0.1, 0.15) is 0 Å². The molecule has 0 aliphatic carbocycles. The van der Waals surface area contributed by atoms with Crippen molar-refractivity contribution in [2.45, 2.75) is 4.90 Å². The van der Waals surface area contributed by atoms with E-state index in [0.29, 0.717) is 5.56 Å². The number of nitro groups is 1. The van der Waals surface area contributed by atoms with E-state index in [1.54, 1.807) is 18.2 Å². The number of sulfonamides is 1. The highest BCUT2D eigenvalue weighted by Gasteiger charge is 2.11. The minimum atomic E-state index is -3.71. The predicted molar refractivity (Wildman–Crippen MR) is 77.5 cm³/mol. The van der Waals surface area contributed by atoms with Crippen molar-refractivity contribution in [1.82, 2.24) is 4.83 Å². The maximum Gasteiger partial charge on any atom is 0.276 e. The lowest BCUT2D eigenvalue weighted by molar-refractivity contribution is -0.384. The molecule has 0 aliphatic rings. The quantitative estimate of drug-likeness (QED) is 0.518. The summed E-state index contributed by atoms with van der Waals surface area (Å²) in [7, 11) is -3.71. The largest absolute Gasteiger partial charge is 0.276 e. The molecule has 0 aliphatic heterocycles. The average molecular weight is 305 g/mol. The van der Waals surface area contributed by atoms with E-state index in [1.165, 1.54) is 42.6 Å². The lowest BCUT2D eigenvalue weighted by Gasteiger charge is -2.02. The van der Waals surface area contributed by atoms with Crippen molar-refractivity contribution in [3.8, 4) is 0 Å². The number of nitrogens with zero attached hydrogens (tertiary/aromatic N) is 2. The summed E-state index contributed by atoms with van der Waals surface area (Å²) < 4.78 is 23.7. The standard InChI is InChI=1S/C13H11N3O4S/c17-16(18)12-8-6-11(7-9-12)10-14-15-21(19,20)13-4-2-1-3-5-13/h1-10,15H/b14-10-. The molecular weight excluding hydrogens is 294 g/mol. The van der Waals surface area contributed by atoms with Crippen molar-refractivity contribution in [3.63, 3.8) is 0 Å². The molecular formula is C13H11N3O4S. The second kappa shape index (κ2) is 6.14. The Bertz CT molecular complexity index is 756. The topological polar surface area (TPSA) is 102 Å². The summed E-state index contributed by atoms with van der Waals surface area (Å²) in [4.78, 5) is 12.2. The first-order valence-corrected chi connectivity index (χ1v) is 7.32. The lowest BCUT2D eigenvalue weighted by Crippen LogP contribution is -2.18. The molecule has 0 fully saturated rings. The van der Waals surface area contributed by atoms with Crippen LogP contribution in [0.1, 0.15) is 5.56 Å². The van der Waals surface area contributed by atoms with Crippen LogP contribution in [0.4, 0.5) is 5.69 Å². The molecule has 0 aromatic heterocycles. The van der Waals surface area contributed by atoms with E-state index in [4.69, 9.17) is 0 Å². The van der Waals surface area contributed by atoms with E-state index in [-0.39, 0.29) is 10.6 Å². The van der Waals surface area contributed by atoms with Crippen LogP contribution >= 0.6 is 0 Å². The summed E-state index contributed by atoms with van der Waals surface area (Å²) in [6, 6.07) is 13.4. The Morgan fingerprint density at radius 1 is 1.05 bits per heavy atom. The molecule has 108 valence electrons. The maximum atomic E-state index is 11.9. The van der Waals surface area contributed by atoms with Gasteiger partial charge in [0.15, 0.2) is 0 Å². The number of rotatable bonds is 5. The summed E-state index contributed by atoms with van der Waals surface area (Å²) in [6.45, 7) is 0. The summed E-state index contributed by atoms with van der Waals surface area (Å²) in [6.07, 6.45) is 1.27. The number of nitro benzene ring substituents is 1. The van der Waals surface area contributed by atoms with Crippen molar-refractivity contribution in [2.24, 2.45) is 5.10 Å². The average Bonchev–Trinajstić information content (AvgIpc) is 2.48. The van der Waals surface area contributed by atoms with Crippen LogP contribution in [0.25, 0.3) is 0 Å². The van der Waals surface area contributed by atoms with Gasteiger partial charge in [0.25, 0.3) is 15.7 Å². The van der Waals surface area contributed by atoms with Crippen LogP contribution in [0.5, 0.6) is 0 Å². The third-order valence-electron chi connectivity index (χ3n) is 2.54. The smallest absolute Gasteiger partial charge is 0.258 e. The first-order valence-electron chi connectivity index (χ1n) is 5.83. The Morgan fingerprint density at radius 3 is 2.24 bits per heavy atom.